The van der Waals surface area contributed by atoms with E-state index in [2.05, 4.69) is 83.9 Å². The third-order valence-corrected chi connectivity index (χ3v) is 4.84. The van der Waals surface area contributed by atoms with Crippen molar-refractivity contribution in [2.75, 3.05) is 13.6 Å². The van der Waals surface area contributed by atoms with E-state index in [-0.39, 0.29) is 0 Å². The van der Waals surface area contributed by atoms with E-state index in [0.29, 0.717) is 5.41 Å². The van der Waals surface area contributed by atoms with E-state index >= 15 is 0 Å². The second kappa shape index (κ2) is 14.1. The summed E-state index contributed by atoms with van der Waals surface area (Å²) < 4.78 is 0. The summed E-state index contributed by atoms with van der Waals surface area (Å²) in [5.74, 6) is 0.840. The van der Waals surface area contributed by atoms with Crippen LogP contribution in [-0.4, -0.2) is 13.6 Å². The van der Waals surface area contributed by atoms with Crippen molar-refractivity contribution < 1.29 is 0 Å². The van der Waals surface area contributed by atoms with Crippen LogP contribution in [0.5, 0.6) is 0 Å². The molecule has 1 aromatic rings. The molecule has 0 spiro atoms. The Morgan fingerprint density at radius 1 is 1.04 bits per heavy atom. The van der Waals surface area contributed by atoms with Gasteiger partial charge in [0.05, 0.1) is 0 Å². The van der Waals surface area contributed by atoms with Crippen molar-refractivity contribution in [2.24, 2.45) is 5.92 Å². The van der Waals surface area contributed by atoms with Gasteiger partial charge in [0.2, 0.25) is 0 Å². The van der Waals surface area contributed by atoms with Crippen LogP contribution in [0.3, 0.4) is 0 Å². The lowest BCUT2D eigenvalue weighted by atomic mass is 9.73. The van der Waals surface area contributed by atoms with E-state index in [0.717, 1.165) is 12.5 Å². The molecule has 0 saturated heterocycles. The fourth-order valence-corrected chi connectivity index (χ4v) is 3.97. The Kier molecular flexibility index (Phi) is 13.5. The first kappa shape index (κ1) is 23.9. The van der Waals surface area contributed by atoms with E-state index in [1.807, 2.05) is 0 Å². The van der Waals surface area contributed by atoms with E-state index < -0.39 is 0 Å². The molecule has 1 atom stereocenters. The second-order valence-electron chi connectivity index (χ2n) is 7.73. The lowest BCUT2D eigenvalue weighted by molar-refractivity contribution is 0.344. The zero-order valence-electron chi connectivity index (χ0n) is 17.8. The van der Waals surface area contributed by atoms with Gasteiger partial charge in [-0.1, -0.05) is 89.3 Å². The van der Waals surface area contributed by atoms with Gasteiger partial charge in [0.25, 0.3) is 0 Å². The van der Waals surface area contributed by atoms with E-state index in [1.54, 1.807) is 0 Å². The Hall–Kier alpha value is -1.08. The Bertz CT molecular complexity index is 418. The molecule has 1 heteroatoms. The quantitative estimate of drug-likeness (QED) is 0.420. The zero-order valence-corrected chi connectivity index (χ0v) is 17.8. The zero-order chi connectivity index (χ0) is 19.1. The molecule has 0 bridgehead atoms. The molecule has 1 aromatic carbocycles. The summed E-state index contributed by atoms with van der Waals surface area (Å²) in [5.41, 5.74) is 3.14. The van der Waals surface area contributed by atoms with Crippen LogP contribution < -0.4 is 5.32 Å². The summed E-state index contributed by atoms with van der Waals surface area (Å²) in [6.45, 7) is 16.1. The van der Waals surface area contributed by atoms with Gasteiger partial charge in [0.1, 0.15) is 0 Å². The minimum Gasteiger partial charge on any atom is -0.319 e. The van der Waals surface area contributed by atoms with E-state index in [1.165, 1.54) is 56.1 Å². The van der Waals surface area contributed by atoms with Crippen molar-refractivity contribution >= 4 is 0 Å². The number of allylic oxidation sites excluding steroid dienone is 1. The molecule has 25 heavy (non-hydrogen) atoms. The lowest BCUT2D eigenvalue weighted by Crippen LogP contribution is -2.36. The molecule has 0 fully saturated rings. The summed E-state index contributed by atoms with van der Waals surface area (Å²) in [6.07, 6.45) is 8.87. The standard InChI is InChI=1S/C15H25N.C9H18/c1-4-11-15(12-5-2,13-16-3)14-9-7-6-8-10-14;1-5-6-9(4)7-8(2)3/h6-10,16H,4-5,11-13H2,1-3H3;9H,2,5-7H2,1,3-4H3. The van der Waals surface area contributed by atoms with E-state index in [9.17, 15) is 0 Å². The van der Waals surface area contributed by atoms with Crippen molar-refractivity contribution in [3.63, 3.8) is 0 Å². The monoisotopic (exact) mass is 345 g/mol. The highest BCUT2D eigenvalue weighted by molar-refractivity contribution is 5.26. The van der Waals surface area contributed by atoms with Crippen LogP contribution >= 0.6 is 0 Å². The molecule has 0 heterocycles. The van der Waals surface area contributed by atoms with Gasteiger partial charge in [-0.3, -0.25) is 0 Å². The smallest absolute Gasteiger partial charge is 0.00774 e. The van der Waals surface area contributed by atoms with Gasteiger partial charge in [-0.05, 0) is 44.7 Å². The second-order valence-corrected chi connectivity index (χ2v) is 7.73. The van der Waals surface area contributed by atoms with Crippen LogP contribution in [0, 0.1) is 5.92 Å². The van der Waals surface area contributed by atoms with Gasteiger partial charge in [0.15, 0.2) is 0 Å². The highest BCUT2D eigenvalue weighted by atomic mass is 14.8. The topological polar surface area (TPSA) is 12.0 Å². The molecule has 0 aromatic heterocycles. The Morgan fingerprint density at radius 3 is 2.00 bits per heavy atom. The third kappa shape index (κ3) is 9.84. The third-order valence-electron chi connectivity index (χ3n) is 4.84. The molecular formula is C24H43N. The fraction of sp³-hybridized carbons (Fsp3) is 0.667. The summed E-state index contributed by atoms with van der Waals surface area (Å²) in [7, 11) is 2.06. The molecule has 0 radical (unpaired) electrons. The minimum atomic E-state index is 0.333. The van der Waals surface area contributed by atoms with Gasteiger partial charge in [0, 0.05) is 12.0 Å². The Balaban J connectivity index is 0.000000547. The molecule has 0 aliphatic heterocycles. The SMILES string of the molecule is C=C(C)CC(C)CCC.CCCC(CCC)(CNC)c1ccccc1. The van der Waals surface area contributed by atoms with Gasteiger partial charge >= 0.3 is 0 Å². The van der Waals surface area contributed by atoms with Gasteiger partial charge in [-0.2, -0.15) is 0 Å². The Morgan fingerprint density at radius 2 is 1.60 bits per heavy atom. The van der Waals surface area contributed by atoms with E-state index in [4.69, 9.17) is 0 Å². The molecule has 1 N–H and O–H groups in total. The Labute approximate surface area is 158 Å². The molecular weight excluding hydrogens is 302 g/mol. The normalized spacial score (nSPS) is 12.2. The predicted octanol–water partition coefficient (Wildman–Crippen LogP) is 7.13. The minimum absolute atomic E-state index is 0.333. The molecule has 144 valence electrons. The molecule has 0 saturated carbocycles. The summed E-state index contributed by atoms with van der Waals surface area (Å²) in [4.78, 5) is 0. The summed E-state index contributed by atoms with van der Waals surface area (Å²) in [5, 5.41) is 3.38. The largest absolute Gasteiger partial charge is 0.319 e. The molecule has 1 unspecified atom stereocenters. The van der Waals surface area contributed by atoms with Gasteiger partial charge in [-0.25, -0.2) is 0 Å². The predicted molar refractivity (Wildman–Crippen MR) is 115 cm³/mol. The molecule has 0 aliphatic rings. The summed E-state index contributed by atoms with van der Waals surface area (Å²) >= 11 is 0. The maximum absolute atomic E-state index is 3.88. The van der Waals surface area contributed by atoms with Crippen molar-refractivity contribution in [3.05, 3.63) is 48.0 Å². The van der Waals surface area contributed by atoms with Crippen LogP contribution in [0.4, 0.5) is 0 Å². The molecule has 0 amide bonds. The van der Waals surface area contributed by atoms with Crippen molar-refractivity contribution in [3.8, 4) is 0 Å². The van der Waals surface area contributed by atoms with Crippen molar-refractivity contribution in [1.29, 1.82) is 0 Å². The van der Waals surface area contributed by atoms with Crippen LogP contribution in [0.1, 0.15) is 85.1 Å². The number of hydrogen-bond acceptors (Lipinski definition) is 1. The van der Waals surface area contributed by atoms with Gasteiger partial charge < -0.3 is 5.32 Å². The highest BCUT2D eigenvalue weighted by Crippen LogP contribution is 2.33. The fourth-order valence-electron chi connectivity index (χ4n) is 3.97. The van der Waals surface area contributed by atoms with Crippen LogP contribution in [-0.2, 0) is 5.41 Å². The number of rotatable bonds is 11. The molecule has 1 rings (SSSR count). The summed E-state index contributed by atoms with van der Waals surface area (Å²) in [6, 6.07) is 11.0. The van der Waals surface area contributed by atoms with Gasteiger partial charge in [-0.15, -0.1) is 6.58 Å². The first-order valence-electron chi connectivity index (χ1n) is 10.3. The maximum Gasteiger partial charge on any atom is 0.00774 e. The first-order chi connectivity index (χ1) is 12.0. The number of hydrogen-bond donors (Lipinski definition) is 1. The van der Waals surface area contributed by atoms with Crippen LogP contribution in [0.25, 0.3) is 0 Å². The number of nitrogens with one attached hydrogen (secondary N) is 1. The molecule has 0 aliphatic carbocycles. The maximum atomic E-state index is 3.88. The first-order valence-corrected chi connectivity index (χ1v) is 10.3. The highest BCUT2D eigenvalue weighted by Gasteiger charge is 2.29. The molecule has 1 nitrogen and oxygen atoms in total. The lowest BCUT2D eigenvalue weighted by Gasteiger charge is -2.34. The average molecular weight is 346 g/mol. The number of likely N-dealkylation sites (N-methyl/N-ethyl adjacent to an activating group) is 1. The van der Waals surface area contributed by atoms with Crippen LogP contribution in [0.15, 0.2) is 42.5 Å². The van der Waals surface area contributed by atoms with Crippen molar-refractivity contribution in [2.45, 2.75) is 85.0 Å². The average Bonchev–Trinajstić information content (AvgIpc) is 2.56. The van der Waals surface area contributed by atoms with Crippen LogP contribution in [0.2, 0.25) is 0 Å². The number of benzene rings is 1. The van der Waals surface area contributed by atoms with Crippen molar-refractivity contribution in [1.82, 2.24) is 5.32 Å².